The minimum Gasteiger partial charge on any atom is -0.388 e. The van der Waals surface area contributed by atoms with Crippen molar-refractivity contribution in [2.24, 2.45) is 0 Å². The van der Waals surface area contributed by atoms with Gasteiger partial charge in [-0.3, -0.25) is 4.79 Å². The summed E-state index contributed by atoms with van der Waals surface area (Å²) in [6, 6.07) is 18.1. The van der Waals surface area contributed by atoms with Crippen molar-refractivity contribution in [2.75, 3.05) is 25.0 Å². The van der Waals surface area contributed by atoms with E-state index >= 15 is 0 Å². The van der Waals surface area contributed by atoms with Crippen molar-refractivity contribution in [1.29, 1.82) is 0 Å². The Morgan fingerprint density at radius 2 is 1.68 bits per heavy atom. The number of H-pyrrole nitrogens is 1. The smallest absolute Gasteiger partial charge is 0.388 e. The molecule has 3 N–H and O–H groups in total. The van der Waals surface area contributed by atoms with Crippen molar-refractivity contribution >= 4 is 11.6 Å². The van der Waals surface area contributed by atoms with Crippen LogP contribution in [0.3, 0.4) is 0 Å². The number of rotatable bonds is 7. The highest BCUT2D eigenvalue weighted by Gasteiger charge is 2.31. The highest BCUT2D eigenvalue weighted by molar-refractivity contribution is 6.01. The van der Waals surface area contributed by atoms with Gasteiger partial charge in [0.05, 0.1) is 0 Å². The van der Waals surface area contributed by atoms with Crippen molar-refractivity contribution in [1.82, 2.24) is 14.8 Å². The Hall–Kier alpha value is -3.23. The topological polar surface area (TPSA) is 94.2 Å². The molecule has 162 valence electrons. The van der Waals surface area contributed by atoms with Gasteiger partial charge in [0, 0.05) is 12.2 Å². The second-order valence-electron chi connectivity index (χ2n) is 7.87. The van der Waals surface area contributed by atoms with Crippen LogP contribution >= 0.6 is 0 Å². The van der Waals surface area contributed by atoms with Crippen molar-refractivity contribution in [3.8, 4) is 5.69 Å². The van der Waals surface area contributed by atoms with E-state index in [1.54, 1.807) is 24.3 Å². The summed E-state index contributed by atoms with van der Waals surface area (Å²) in [5.41, 5.74) is 0.695. The molecule has 1 fully saturated rings. The van der Waals surface area contributed by atoms with Crippen LogP contribution in [-0.4, -0.2) is 51.5 Å². The zero-order valence-corrected chi connectivity index (χ0v) is 17.4. The Bertz CT molecular complexity index is 1060. The minimum absolute atomic E-state index is 0.0506. The second kappa shape index (κ2) is 9.72. The number of carbonyl (C=O) groups excluding carboxylic acids is 1. The predicted molar refractivity (Wildman–Crippen MR) is 117 cm³/mol. The van der Waals surface area contributed by atoms with Gasteiger partial charge in [-0.25, -0.2) is 4.79 Å². The molecule has 0 bridgehead atoms. The average molecular weight is 423 g/mol. The van der Waals surface area contributed by atoms with E-state index in [4.69, 9.17) is 0 Å². The number of hydrogen-bond acceptors (Lipinski definition) is 4. The Kier molecular flexibility index (Phi) is 6.59. The van der Waals surface area contributed by atoms with Gasteiger partial charge in [-0.15, -0.1) is 4.68 Å². The SMILES string of the molecule is O=C(Nc1ccccc1)c1c(=O)n(-c2ccccc2)[nH][n+]1CC(O)CN1CCCCC1. The summed E-state index contributed by atoms with van der Waals surface area (Å²) in [6.07, 6.45) is 2.77. The number of aliphatic hydroxyl groups is 1. The Morgan fingerprint density at radius 3 is 2.35 bits per heavy atom. The number of hydrogen-bond donors (Lipinski definition) is 3. The number of anilines is 1. The van der Waals surface area contributed by atoms with E-state index in [0.717, 1.165) is 25.9 Å². The van der Waals surface area contributed by atoms with E-state index < -0.39 is 17.6 Å². The summed E-state index contributed by atoms with van der Waals surface area (Å²) in [7, 11) is 0. The van der Waals surface area contributed by atoms with Gasteiger partial charge < -0.3 is 15.3 Å². The van der Waals surface area contributed by atoms with Crippen molar-refractivity contribution in [2.45, 2.75) is 31.9 Å². The van der Waals surface area contributed by atoms with E-state index in [9.17, 15) is 14.7 Å². The highest BCUT2D eigenvalue weighted by Crippen LogP contribution is 2.10. The molecular formula is C23H28N5O3+. The monoisotopic (exact) mass is 422 g/mol. The number of β-amino-alcohol motifs (C(OH)–C–C–N with tert-alkyl or cyclic N) is 1. The molecule has 4 rings (SSSR count). The van der Waals surface area contributed by atoms with Crippen LogP contribution < -0.4 is 15.6 Å². The molecule has 1 unspecified atom stereocenters. The van der Waals surface area contributed by atoms with Crippen LogP contribution in [-0.2, 0) is 6.54 Å². The summed E-state index contributed by atoms with van der Waals surface area (Å²) in [6.45, 7) is 2.55. The number of benzene rings is 2. The van der Waals surface area contributed by atoms with Gasteiger partial charge in [-0.1, -0.05) is 52.7 Å². The third kappa shape index (κ3) is 5.10. The molecule has 3 aromatic rings. The van der Waals surface area contributed by atoms with Crippen molar-refractivity contribution in [3.05, 3.63) is 76.7 Å². The van der Waals surface area contributed by atoms with Crippen LogP contribution in [0.5, 0.6) is 0 Å². The van der Waals surface area contributed by atoms with Crippen LogP contribution in [0.2, 0.25) is 0 Å². The minimum atomic E-state index is -0.714. The molecule has 0 aliphatic carbocycles. The summed E-state index contributed by atoms with van der Waals surface area (Å²) in [5, 5.41) is 16.5. The Balaban J connectivity index is 1.62. The summed E-state index contributed by atoms with van der Waals surface area (Å²) in [4.78, 5) is 28.4. The lowest BCUT2D eigenvalue weighted by atomic mass is 10.1. The number of nitrogens with zero attached hydrogens (tertiary/aromatic N) is 3. The van der Waals surface area contributed by atoms with Gasteiger partial charge in [0.2, 0.25) is 0 Å². The first-order valence-electron chi connectivity index (χ1n) is 10.7. The molecular weight excluding hydrogens is 394 g/mol. The van der Waals surface area contributed by atoms with Gasteiger partial charge in [-0.2, -0.15) is 0 Å². The molecule has 1 aliphatic rings. The maximum atomic E-state index is 13.2. The standard InChI is InChI=1S/C23H27N5O3/c29-20(16-26-14-8-3-9-15-26)17-27-21(22(30)24-18-10-4-1-5-11-18)23(31)28(25-27)19-12-6-2-7-13-19/h1-2,4-7,10-13,20,29H,3,8-9,14-17H2,(H-,24,25,30,31)/p+1. The third-order valence-corrected chi connectivity index (χ3v) is 5.47. The first-order chi connectivity index (χ1) is 15.1. The van der Waals surface area contributed by atoms with Crippen LogP contribution in [0.25, 0.3) is 5.69 Å². The highest BCUT2D eigenvalue weighted by atomic mass is 16.3. The number of carbonyl (C=O) groups is 1. The lowest BCUT2D eigenvalue weighted by Crippen LogP contribution is -2.51. The zero-order chi connectivity index (χ0) is 21.6. The normalized spacial score (nSPS) is 15.5. The summed E-state index contributed by atoms with van der Waals surface area (Å²) in [5.74, 6) is -0.521. The lowest BCUT2D eigenvalue weighted by Gasteiger charge is -2.27. The molecule has 0 spiro atoms. The first kappa shape index (κ1) is 21.0. The van der Waals surface area contributed by atoms with Gasteiger partial charge in [0.25, 0.3) is 0 Å². The average Bonchev–Trinajstić information content (AvgIpc) is 3.11. The van der Waals surface area contributed by atoms with E-state index in [1.807, 2.05) is 36.4 Å². The summed E-state index contributed by atoms with van der Waals surface area (Å²) < 4.78 is 2.77. The van der Waals surface area contributed by atoms with Crippen molar-refractivity contribution < 1.29 is 14.6 Å². The van der Waals surface area contributed by atoms with E-state index in [0.29, 0.717) is 17.9 Å². The fraction of sp³-hybridized carbons (Fsp3) is 0.348. The molecule has 0 radical (unpaired) electrons. The number of piperidine rings is 1. The molecule has 1 aliphatic heterocycles. The maximum absolute atomic E-state index is 13.2. The molecule has 31 heavy (non-hydrogen) atoms. The van der Waals surface area contributed by atoms with Gasteiger partial charge in [0.15, 0.2) is 5.69 Å². The fourth-order valence-electron chi connectivity index (χ4n) is 3.96. The number of aromatic nitrogens is 3. The number of nitrogens with one attached hydrogen (secondary N) is 2. The van der Waals surface area contributed by atoms with Crippen LogP contribution in [0.4, 0.5) is 5.69 Å². The zero-order valence-electron chi connectivity index (χ0n) is 17.4. The molecule has 8 nitrogen and oxygen atoms in total. The molecule has 2 heterocycles. The maximum Gasteiger partial charge on any atom is 0.411 e. The van der Waals surface area contributed by atoms with Gasteiger partial charge in [-0.05, 0) is 50.2 Å². The number of amides is 1. The quantitative estimate of drug-likeness (QED) is 0.504. The van der Waals surface area contributed by atoms with E-state index in [2.05, 4.69) is 15.4 Å². The Morgan fingerprint density at radius 1 is 1.03 bits per heavy atom. The lowest BCUT2D eigenvalue weighted by molar-refractivity contribution is -0.761. The number of aromatic amines is 1. The molecule has 1 aromatic heterocycles. The van der Waals surface area contributed by atoms with Gasteiger partial charge in [0.1, 0.15) is 12.6 Å². The fourth-order valence-corrected chi connectivity index (χ4v) is 3.96. The van der Waals surface area contributed by atoms with E-state index in [1.165, 1.54) is 15.8 Å². The first-order valence-corrected chi connectivity index (χ1v) is 10.7. The molecule has 8 heteroatoms. The molecule has 1 saturated heterocycles. The number of para-hydroxylation sites is 2. The number of aliphatic hydroxyl groups excluding tert-OH is 1. The van der Waals surface area contributed by atoms with Crippen LogP contribution in [0.1, 0.15) is 29.8 Å². The predicted octanol–water partition coefficient (Wildman–Crippen LogP) is 1.55. The Labute approximate surface area is 180 Å². The molecule has 1 atom stereocenters. The largest absolute Gasteiger partial charge is 0.411 e. The van der Waals surface area contributed by atoms with Crippen molar-refractivity contribution in [3.63, 3.8) is 0 Å². The number of likely N-dealkylation sites (tertiary alicyclic amines) is 1. The van der Waals surface area contributed by atoms with Gasteiger partial charge >= 0.3 is 17.2 Å². The molecule has 1 amide bonds. The van der Waals surface area contributed by atoms with Crippen LogP contribution in [0.15, 0.2) is 65.5 Å². The summed E-state index contributed by atoms with van der Waals surface area (Å²) >= 11 is 0. The molecule has 0 saturated carbocycles. The third-order valence-electron chi connectivity index (χ3n) is 5.47. The molecule has 2 aromatic carbocycles. The van der Waals surface area contributed by atoms with E-state index in [-0.39, 0.29) is 12.2 Å². The van der Waals surface area contributed by atoms with Crippen LogP contribution in [0, 0.1) is 0 Å². The second-order valence-corrected chi connectivity index (χ2v) is 7.87.